The first kappa shape index (κ1) is 26.3. The molecule has 2 N–H and O–H groups in total. The molecule has 21 heavy (non-hydrogen) atoms. The molecule has 0 aliphatic heterocycles. The molecule has 1 unspecified atom stereocenters. The van der Waals surface area contributed by atoms with Gasteiger partial charge < -0.3 is 14.9 Å². The Morgan fingerprint density at radius 1 is 1.00 bits per heavy atom. The van der Waals surface area contributed by atoms with E-state index in [2.05, 4.69) is 11.7 Å². The van der Waals surface area contributed by atoms with Crippen molar-refractivity contribution >= 4 is 35.5 Å². The van der Waals surface area contributed by atoms with Crippen molar-refractivity contribution in [3.8, 4) is 0 Å². The molecule has 5 heteroatoms. The molecule has 124 valence electrons. The summed E-state index contributed by atoms with van der Waals surface area (Å²) in [5.74, 6) is -0.211. The molecule has 0 fully saturated rings. The number of aliphatic hydroxyl groups excluding tert-OH is 2. The van der Waals surface area contributed by atoms with Gasteiger partial charge in [-0.1, -0.05) is 58.3 Å². The molecule has 0 saturated carbocycles. The second-order valence-electron chi connectivity index (χ2n) is 5.02. The van der Waals surface area contributed by atoms with Crippen molar-refractivity contribution in [2.24, 2.45) is 0 Å². The Morgan fingerprint density at radius 2 is 1.48 bits per heavy atom. The van der Waals surface area contributed by atoms with E-state index in [0.29, 0.717) is 6.61 Å². The maximum atomic E-state index is 9.82. The third-order valence-corrected chi connectivity index (χ3v) is 2.95. The summed E-state index contributed by atoms with van der Waals surface area (Å²) in [5.41, 5.74) is 0. The molecule has 0 aromatic carbocycles. The van der Waals surface area contributed by atoms with Gasteiger partial charge >= 0.3 is 35.5 Å². The first-order chi connectivity index (χ1) is 9.58. The standard InChI is InChI=1S/C12H26O2.C4H8O2.Na.H/c1-2-3-4-5-6-7-8-9-10-12(14)11-13;1-3-6-4(2)5;;/h12-14H,2-11H2,1H3;3H2,1-2H3;;. The third-order valence-electron chi connectivity index (χ3n) is 2.95. The zero-order valence-corrected chi connectivity index (χ0v) is 13.6. The molecule has 0 spiro atoms. The fourth-order valence-electron chi connectivity index (χ4n) is 1.81. The molecule has 0 amide bonds. The average Bonchev–Trinajstić information content (AvgIpc) is 2.42. The normalized spacial score (nSPS) is 10.9. The monoisotopic (exact) mass is 314 g/mol. The molecular formula is C16H35NaO4. The minimum absolute atomic E-state index is 0. The number of rotatable bonds is 11. The molecule has 0 aliphatic carbocycles. The van der Waals surface area contributed by atoms with Crippen molar-refractivity contribution in [2.45, 2.75) is 84.7 Å². The van der Waals surface area contributed by atoms with E-state index >= 15 is 0 Å². The molecule has 0 radical (unpaired) electrons. The maximum absolute atomic E-state index is 9.82. The fraction of sp³-hybridized carbons (Fsp3) is 0.938. The number of hydrogen-bond acceptors (Lipinski definition) is 4. The van der Waals surface area contributed by atoms with Crippen LogP contribution in [0.15, 0.2) is 0 Å². The van der Waals surface area contributed by atoms with E-state index in [1.165, 1.54) is 51.9 Å². The van der Waals surface area contributed by atoms with Gasteiger partial charge in [-0.15, -0.1) is 0 Å². The summed E-state index contributed by atoms with van der Waals surface area (Å²) in [6, 6.07) is 0. The van der Waals surface area contributed by atoms with E-state index in [1.807, 2.05) is 0 Å². The summed E-state index contributed by atoms with van der Waals surface area (Å²) < 4.78 is 4.40. The Labute approximate surface area is 152 Å². The van der Waals surface area contributed by atoms with Gasteiger partial charge in [0.1, 0.15) is 0 Å². The SMILES string of the molecule is CCCCCCCCCCC(O)CO.CCOC(C)=O.[NaH]. The van der Waals surface area contributed by atoms with Gasteiger partial charge in [0.2, 0.25) is 0 Å². The van der Waals surface area contributed by atoms with E-state index in [9.17, 15) is 4.79 Å². The molecule has 0 aromatic heterocycles. The van der Waals surface area contributed by atoms with Gasteiger partial charge in [0.15, 0.2) is 0 Å². The van der Waals surface area contributed by atoms with Crippen LogP contribution in [0.1, 0.15) is 78.6 Å². The van der Waals surface area contributed by atoms with Crippen LogP contribution in [0.5, 0.6) is 0 Å². The van der Waals surface area contributed by atoms with Crippen LogP contribution < -0.4 is 0 Å². The second kappa shape index (κ2) is 22.7. The minimum atomic E-state index is -0.491. The van der Waals surface area contributed by atoms with Gasteiger partial charge in [0.25, 0.3) is 0 Å². The van der Waals surface area contributed by atoms with Crippen molar-refractivity contribution in [1.29, 1.82) is 0 Å². The van der Waals surface area contributed by atoms with Crippen LogP contribution in [0.2, 0.25) is 0 Å². The summed E-state index contributed by atoms with van der Waals surface area (Å²) >= 11 is 0. The number of unbranched alkanes of at least 4 members (excludes halogenated alkanes) is 7. The molecule has 0 rings (SSSR count). The summed E-state index contributed by atoms with van der Waals surface area (Å²) in [5, 5.41) is 17.7. The molecule has 0 aliphatic rings. The summed E-state index contributed by atoms with van der Waals surface area (Å²) in [6.07, 6.45) is 10.5. The Bertz CT molecular complexity index is 201. The topological polar surface area (TPSA) is 66.8 Å². The van der Waals surface area contributed by atoms with Crippen molar-refractivity contribution < 1.29 is 19.7 Å². The van der Waals surface area contributed by atoms with Crippen molar-refractivity contribution in [1.82, 2.24) is 0 Å². The predicted molar refractivity (Wildman–Crippen MR) is 89.8 cm³/mol. The van der Waals surface area contributed by atoms with Crippen LogP contribution in [0, 0.1) is 0 Å². The summed E-state index contributed by atoms with van der Waals surface area (Å²) in [6.45, 7) is 5.80. The zero-order chi connectivity index (χ0) is 15.6. The van der Waals surface area contributed by atoms with E-state index in [0.717, 1.165) is 12.8 Å². The van der Waals surface area contributed by atoms with Crippen molar-refractivity contribution in [2.75, 3.05) is 13.2 Å². The van der Waals surface area contributed by atoms with Crippen LogP contribution in [0.25, 0.3) is 0 Å². The van der Waals surface area contributed by atoms with Crippen LogP contribution in [0.4, 0.5) is 0 Å². The van der Waals surface area contributed by atoms with Crippen LogP contribution in [-0.2, 0) is 9.53 Å². The number of carbonyl (C=O) groups excluding carboxylic acids is 1. The quantitative estimate of drug-likeness (QED) is 0.350. The zero-order valence-electron chi connectivity index (χ0n) is 13.6. The second-order valence-corrected chi connectivity index (χ2v) is 5.02. The van der Waals surface area contributed by atoms with Gasteiger partial charge in [-0.25, -0.2) is 0 Å². The number of aliphatic hydroxyl groups is 2. The van der Waals surface area contributed by atoms with Gasteiger partial charge in [-0.3, -0.25) is 4.79 Å². The predicted octanol–water partition coefficient (Wildman–Crippen LogP) is 2.79. The third kappa shape index (κ3) is 29.1. The molecule has 0 heterocycles. The Balaban J connectivity index is -0.000000394. The van der Waals surface area contributed by atoms with Crippen LogP contribution in [-0.4, -0.2) is 65.1 Å². The summed E-state index contributed by atoms with van der Waals surface area (Å²) in [4.78, 5) is 9.82. The van der Waals surface area contributed by atoms with E-state index in [1.54, 1.807) is 6.92 Å². The van der Waals surface area contributed by atoms with E-state index < -0.39 is 6.10 Å². The van der Waals surface area contributed by atoms with E-state index in [4.69, 9.17) is 10.2 Å². The van der Waals surface area contributed by atoms with Crippen LogP contribution in [0.3, 0.4) is 0 Å². The van der Waals surface area contributed by atoms with Gasteiger partial charge in [0.05, 0.1) is 19.3 Å². The molecular weight excluding hydrogens is 279 g/mol. The Hall–Kier alpha value is 0.390. The van der Waals surface area contributed by atoms with Gasteiger partial charge in [0, 0.05) is 6.92 Å². The molecule has 0 bridgehead atoms. The molecule has 0 aromatic rings. The van der Waals surface area contributed by atoms with Crippen LogP contribution >= 0.6 is 0 Å². The fourth-order valence-corrected chi connectivity index (χ4v) is 1.81. The molecule has 0 saturated heterocycles. The van der Waals surface area contributed by atoms with Gasteiger partial charge in [-0.2, -0.15) is 0 Å². The number of esters is 1. The Kier molecular flexibility index (Phi) is 28.4. The molecule has 4 nitrogen and oxygen atoms in total. The van der Waals surface area contributed by atoms with Gasteiger partial charge in [-0.05, 0) is 13.3 Å². The first-order valence-electron chi connectivity index (χ1n) is 8.00. The van der Waals surface area contributed by atoms with E-state index in [-0.39, 0.29) is 42.1 Å². The number of hydrogen-bond donors (Lipinski definition) is 2. The van der Waals surface area contributed by atoms with Crippen molar-refractivity contribution in [3.63, 3.8) is 0 Å². The average molecular weight is 314 g/mol. The van der Waals surface area contributed by atoms with Crippen molar-refractivity contribution in [3.05, 3.63) is 0 Å². The number of carbonyl (C=O) groups is 1. The first-order valence-corrected chi connectivity index (χ1v) is 8.00. The number of ether oxygens (including phenoxy) is 1. The Morgan fingerprint density at radius 3 is 1.81 bits per heavy atom. The molecule has 1 atom stereocenters. The summed E-state index contributed by atoms with van der Waals surface area (Å²) in [7, 11) is 0.